The van der Waals surface area contributed by atoms with E-state index in [1.165, 1.54) is 0 Å². The van der Waals surface area contributed by atoms with Gasteiger partial charge < -0.3 is 10.6 Å². The van der Waals surface area contributed by atoms with Crippen molar-refractivity contribution >= 4 is 6.03 Å². The summed E-state index contributed by atoms with van der Waals surface area (Å²) in [6.07, 6.45) is 0.999. The van der Waals surface area contributed by atoms with Gasteiger partial charge in [0.1, 0.15) is 0 Å². The van der Waals surface area contributed by atoms with Crippen LogP contribution in [0.1, 0.15) is 32.8 Å². The summed E-state index contributed by atoms with van der Waals surface area (Å²) in [5, 5.41) is 5.78. The standard InChI is InChI=1S/C14H22N2O/c1-11(2)9-12(3)16-14(17)15-10-13-7-5-4-6-8-13/h4-8,11-12H,9-10H2,1-3H3,(H2,15,16,17). The van der Waals surface area contributed by atoms with E-state index in [-0.39, 0.29) is 12.1 Å². The quantitative estimate of drug-likeness (QED) is 0.808. The number of hydrogen-bond donors (Lipinski definition) is 2. The first-order valence-corrected chi connectivity index (χ1v) is 6.16. The predicted octanol–water partition coefficient (Wildman–Crippen LogP) is 2.92. The molecule has 1 aromatic rings. The molecule has 0 radical (unpaired) electrons. The average molecular weight is 234 g/mol. The summed E-state index contributed by atoms with van der Waals surface area (Å²) in [5.74, 6) is 0.597. The lowest BCUT2D eigenvalue weighted by Crippen LogP contribution is -2.40. The molecule has 3 nitrogen and oxygen atoms in total. The molecule has 1 rings (SSSR count). The molecule has 0 saturated heterocycles. The summed E-state index contributed by atoms with van der Waals surface area (Å²) < 4.78 is 0. The van der Waals surface area contributed by atoms with Crippen molar-refractivity contribution in [3.05, 3.63) is 35.9 Å². The van der Waals surface area contributed by atoms with Crippen molar-refractivity contribution in [2.45, 2.75) is 39.8 Å². The first-order chi connectivity index (χ1) is 8.08. The van der Waals surface area contributed by atoms with Gasteiger partial charge >= 0.3 is 6.03 Å². The Morgan fingerprint density at radius 2 is 1.82 bits per heavy atom. The van der Waals surface area contributed by atoms with Crippen molar-refractivity contribution in [3.8, 4) is 0 Å². The summed E-state index contributed by atoms with van der Waals surface area (Å²) >= 11 is 0. The fraction of sp³-hybridized carbons (Fsp3) is 0.500. The highest BCUT2D eigenvalue weighted by Crippen LogP contribution is 2.03. The maximum atomic E-state index is 11.6. The molecule has 0 saturated carbocycles. The number of amides is 2. The lowest BCUT2D eigenvalue weighted by Gasteiger charge is -2.16. The first-order valence-electron chi connectivity index (χ1n) is 6.16. The molecule has 3 heteroatoms. The van der Waals surface area contributed by atoms with Crippen LogP contribution in [0.5, 0.6) is 0 Å². The Balaban J connectivity index is 2.26. The smallest absolute Gasteiger partial charge is 0.315 e. The van der Waals surface area contributed by atoms with Crippen molar-refractivity contribution < 1.29 is 4.79 Å². The Kier molecular flexibility index (Phi) is 5.53. The molecule has 0 bridgehead atoms. The molecular weight excluding hydrogens is 212 g/mol. The van der Waals surface area contributed by atoms with Gasteiger partial charge in [-0.15, -0.1) is 0 Å². The highest BCUT2D eigenvalue weighted by molar-refractivity contribution is 5.74. The van der Waals surface area contributed by atoms with E-state index < -0.39 is 0 Å². The number of benzene rings is 1. The summed E-state index contributed by atoms with van der Waals surface area (Å²) in [6.45, 7) is 6.91. The van der Waals surface area contributed by atoms with Crippen molar-refractivity contribution in [2.75, 3.05) is 0 Å². The van der Waals surface area contributed by atoms with Gasteiger partial charge in [-0.2, -0.15) is 0 Å². The van der Waals surface area contributed by atoms with Gasteiger partial charge in [-0.3, -0.25) is 0 Å². The molecular formula is C14H22N2O. The van der Waals surface area contributed by atoms with Gasteiger partial charge in [0, 0.05) is 12.6 Å². The molecule has 2 amide bonds. The van der Waals surface area contributed by atoms with Crippen LogP contribution in [0.2, 0.25) is 0 Å². The Labute approximate surface area is 104 Å². The van der Waals surface area contributed by atoms with Crippen LogP contribution < -0.4 is 10.6 Å². The highest BCUT2D eigenvalue weighted by atomic mass is 16.2. The van der Waals surface area contributed by atoms with E-state index in [1.807, 2.05) is 37.3 Å². The molecule has 0 aliphatic rings. The number of urea groups is 1. The second-order valence-electron chi connectivity index (χ2n) is 4.84. The van der Waals surface area contributed by atoms with E-state index in [0.717, 1.165) is 12.0 Å². The van der Waals surface area contributed by atoms with E-state index in [1.54, 1.807) is 0 Å². The molecule has 0 aliphatic heterocycles. The maximum Gasteiger partial charge on any atom is 0.315 e. The van der Waals surface area contributed by atoms with Gasteiger partial charge in [-0.25, -0.2) is 4.79 Å². The third kappa shape index (κ3) is 5.95. The largest absolute Gasteiger partial charge is 0.336 e. The van der Waals surface area contributed by atoms with Gasteiger partial charge in [-0.1, -0.05) is 44.2 Å². The monoisotopic (exact) mass is 234 g/mol. The Hall–Kier alpha value is -1.51. The summed E-state index contributed by atoms with van der Waals surface area (Å²) in [4.78, 5) is 11.6. The van der Waals surface area contributed by atoms with Gasteiger partial charge in [0.05, 0.1) is 0 Å². The maximum absolute atomic E-state index is 11.6. The molecule has 1 unspecified atom stereocenters. The number of hydrogen-bond acceptors (Lipinski definition) is 1. The Morgan fingerprint density at radius 1 is 1.18 bits per heavy atom. The molecule has 2 N–H and O–H groups in total. The van der Waals surface area contributed by atoms with E-state index in [4.69, 9.17) is 0 Å². The Morgan fingerprint density at radius 3 is 2.41 bits per heavy atom. The van der Waals surface area contributed by atoms with Crippen molar-refractivity contribution in [3.63, 3.8) is 0 Å². The van der Waals surface area contributed by atoms with Crippen molar-refractivity contribution in [1.29, 1.82) is 0 Å². The van der Waals surface area contributed by atoms with Crippen LogP contribution in [0.15, 0.2) is 30.3 Å². The predicted molar refractivity (Wildman–Crippen MR) is 70.7 cm³/mol. The van der Waals surface area contributed by atoms with Crippen LogP contribution >= 0.6 is 0 Å². The molecule has 0 aliphatic carbocycles. The molecule has 1 atom stereocenters. The highest BCUT2D eigenvalue weighted by Gasteiger charge is 2.08. The van der Waals surface area contributed by atoms with Crippen LogP contribution in [-0.2, 0) is 6.54 Å². The van der Waals surface area contributed by atoms with Crippen molar-refractivity contribution in [2.24, 2.45) is 5.92 Å². The first kappa shape index (κ1) is 13.6. The zero-order chi connectivity index (χ0) is 12.7. The minimum absolute atomic E-state index is 0.0954. The molecule has 17 heavy (non-hydrogen) atoms. The normalized spacial score (nSPS) is 12.2. The number of carbonyl (C=O) groups is 1. The van der Waals surface area contributed by atoms with Gasteiger partial charge in [0.25, 0.3) is 0 Å². The van der Waals surface area contributed by atoms with E-state index in [9.17, 15) is 4.79 Å². The van der Waals surface area contributed by atoms with Gasteiger partial charge in [-0.05, 0) is 24.8 Å². The third-order valence-corrected chi connectivity index (χ3v) is 2.50. The van der Waals surface area contributed by atoms with Gasteiger partial charge in [0.2, 0.25) is 0 Å². The lowest BCUT2D eigenvalue weighted by molar-refractivity contribution is 0.235. The Bertz CT molecular complexity index is 335. The van der Waals surface area contributed by atoms with Crippen LogP contribution in [0.4, 0.5) is 4.79 Å². The summed E-state index contributed by atoms with van der Waals surface area (Å²) in [6, 6.07) is 10.0. The topological polar surface area (TPSA) is 41.1 Å². The zero-order valence-electron chi connectivity index (χ0n) is 10.9. The van der Waals surface area contributed by atoms with Crippen LogP contribution in [0.3, 0.4) is 0 Å². The minimum atomic E-state index is -0.0954. The van der Waals surface area contributed by atoms with Crippen LogP contribution in [-0.4, -0.2) is 12.1 Å². The third-order valence-electron chi connectivity index (χ3n) is 2.50. The summed E-state index contributed by atoms with van der Waals surface area (Å²) in [5.41, 5.74) is 1.11. The SMILES string of the molecule is CC(C)CC(C)NC(=O)NCc1ccccc1. The molecule has 0 aromatic heterocycles. The number of rotatable bonds is 5. The lowest BCUT2D eigenvalue weighted by atomic mass is 10.1. The minimum Gasteiger partial charge on any atom is -0.336 e. The average Bonchev–Trinajstić information content (AvgIpc) is 2.26. The number of nitrogens with one attached hydrogen (secondary N) is 2. The fourth-order valence-corrected chi connectivity index (χ4v) is 1.82. The van der Waals surface area contributed by atoms with E-state index >= 15 is 0 Å². The van der Waals surface area contributed by atoms with E-state index in [2.05, 4.69) is 24.5 Å². The number of carbonyl (C=O) groups excluding carboxylic acids is 1. The van der Waals surface area contributed by atoms with E-state index in [0.29, 0.717) is 12.5 Å². The molecule has 0 spiro atoms. The zero-order valence-corrected chi connectivity index (χ0v) is 10.9. The van der Waals surface area contributed by atoms with Crippen LogP contribution in [0, 0.1) is 5.92 Å². The van der Waals surface area contributed by atoms with Gasteiger partial charge in [0.15, 0.2) is 0 Å². The molecule has 0 fully saturated rings. The van der Waals surface area contributed by atoms with Crippen molar-refractivity contribution in [1.82, 2.24) is 10.6 Å². The summed E-state index contributed by atoms with van der Waals surface area (Å²) in [7, 11) is 0. The second-order valence-corrected chi connectivity index (χ2v) is 4.84. The molecule has 1 aromatic carbocycles. The molecule has 0 heterocycles. The fourth-order valence-electron chi connectivity index (χ4n) is 1.82. The van der Waals surface area contributed by atoms with Crippen LogP contribution in [0.25, 0.3) is 0 Å². The molecule has 94 valence electrons. The second kappa shape index (κ2) is 6.94.